The molecule has 2 heterocycles. The van der Waals surface area contributed by atoms with Crippen LogP contribution in [0.2, 0.25) is 0 Å². The second-order valence-electron chi connectivity index (χ2n) is 10.4. The van der Waals surface area contributed by atoms with Gasteiger partial charge in [-0.1, -0.05) is 79.7 Å². The van der Waals surface area contributed by atoms with Crippen molar-refractivity contribution in [2.24, 2.45) is 10.8 Å². The van der Waals surface area contributed by atoms with E-state index in [0.29, 0.717) is 13.0 Å². The Hall–Kier alpha value is -4.10. The zero-order chi connectivity index (χ0) is 27.2. The number of hydrazone groups is 1. The van der Waals surface area contributed by atoms with Crippen LogP contribution in [0.4, 0.5) is 0 Å². The Bertz CT molecular complexity index is 1410. The highest BCUT2D eigenvalue weighted by Gasteiger charge is 2.34. The van der Waals surface area contributed by atoms with Crippen molar-refractivity contribution in [1.82, 2.24) is 20.6 Å². The fraction of sp³-hybridized carbons (Fsp3) is 0.312. The van der Waals surface area contributed by atoms with Gasteiger partial charge >= 0.3 is 0 Å². The predicted molar refractivity (Wildman–Crippen MR) is 158 cm³/mol. The lowest BCUT2D eigenvalue weighted by atomic mass is 10.0. The summed E-state index contributed by atoms with van der Waals surface area (Å²) >= 11 is 0. The van der Waals surface area contributed by atoms with Crippen LogP contribution in [-0.2, 0) is 30.6 Å². The molecule has 0 fully saturated rings. The fourth-order valence-corrected chi connectivity index (χ4v) is 5.18. The van der Waals surface area contributed by atoms with Crippen molar-refractivity contribution in [3.05, 3.63) is 107 Å². The van der Waals surface area contributed by atoms with Crippen molar-refractivity contribution in [1.29, 1.82) is 0 Å². The first kappa shape index (κ1) is 26.5. The summed E-state index contributed by atoms with van der Waals surface area (Å²) in [6, 6.07) is 26.6. The van der Waals surface area contributed by atoms with E-state index in [4.69, 9.17) is 10.8 Å². The van der Waals surface area contributed by atoms with E-state index in [2.05, 4.69) is 88.2 Å². The number of aromatic amines is 1. The maximum atomic E-state index is 12.9. The molecule has 0 radical (unpaired) electrons. The molecule has 202 valence electrons. The van der Waals surface area contributed by atoms with Crippen molar-refractivity contribution < 1.29 is 4.79 Å². The number of hydrogen-bond acceptors (Lipinski definition) is 5. The average Bonchev–Trinajstić information content (AvgIpc) is 3.56. The van der Waals surface area contributed by atoms with Crippen molar-refractivity contribution in [2.45, 2.75) is 64.3 Å². The Balaban J connectivity index is 1.44. The molecule has 3 atom stereocenters. The van der Waals surface area contributed by atoms with E-state index in [1.807, 2.05) is 24.4 Å². The summed E-state index contributed by atoms with van der Waals surface area (Å²) in [6.45, 7) is 4.57. The Morgan fingerprint density at radius 3 is 2.46 bits per heavy atom. The first-order chi connectivity index (χ1) is 19.0. The topological polar surface area (TPSA) is 98.5 Å². The van der Waals surface area contributed by atoms with E-state index < -0.39 is 6.04 Å². The molecular weight excluding hydrogens is 484 g/mol. The number of hydrogen-bond donors (Lipinski definition) is 4. The lowest BCUT2D eigenvalue weighted by Crippen LogP contribution is -2.53. The molecule has 39 heavy (non-hydrogen) atoms. The number of para-hydroxylation sites is 1. The summed E-state index contributed by atoms with van der Waals surface area (Å²) < 4.78 is 0. The second kappa shape index (κ2) is 12.2. The van der Waals surface area contributed by atoms with Crippen LogP contribution in [0, 0.1) is 0 Å². The van der Waals surface area contributed by atoms with Crippen molar-refractivity contribution in [2.75, 3.05) is 0 Å². The minimum absolute atomic E-state index is 0.00345. The molecule has 5 rings (SSSR count). The van der Waals surface area contributed by atoms with Crippen molar-refractivity contribution in [3.8, 4) is 0 Å². The molecule has 1 unspecified atom stereocenters. The number of nitrogens with zero attached hydrogens (tertiary/aromatic N) is 2. The summed E-state index contributed by atoms with van der Waals surface area (Å²) in [5, 5.41) is 9.19. The Morgan fingerprint density at radius 2 is 1.72 bits per heavy atom. The molecule has 1 aliphatic heterocycles. The fourth-order valence-electron chi connectivity index (χ4n) is 5.18. The van der Waals surface area contributed by atoms with E-state index in [0.717, 1.165) is 41.6 Å². The molecule has 4 aromatic rings. The van der Waals surface area contributed by atoms with Crippen LogP contribution in [0.3, 0.4) is 0 Å². The summed E-state index contributed by atoms with van der Waals surface area (Å²) in [4.78, 5) is 18.6. The first-order valence-electron chi connectivity index (χ1n) is 13.8. The Morgan fingerprint density at radius 1 is 1.00 bits per heavy atom. The van der Waals surface area contributed by atoms with Crippen LogP contribution < -0.4 is 16.5 Å². The molecule has 0 saturated carbocycles. The molecule has 3 aromatic carbocycles. The van der Waals surface area contributed by atoms with Gasteiger partial charge < -0.3 is 20.9 Å². The molecule has 1 aromatic heterocycles. The average molecular weight is 523 g/mol. The van der Waals surface area contributed by atoms with Gasteiger partial charge in [0.1, 0.15) is 12.0 Å². The highest BCUT2D eigenvalue weighted by Crippen LogP contribution is 2.24. The van der Waals surface area contributed by atoms with Gasteiger partial charge in [-0.05, 0) is 54.5 Å². The van der Waals surface area contributed by atoms with Crippen molar-refractivity contribution in [3.63, 3.8) is 0 Å². The highest BCUT2D eigenvalue weighted by atomic mass is 16.2. The van der Waals surface area contributed by atoms with Crippen LogP contribution in [0.5, 0.6) is 0 Å². The summed E-state index contributed by atoms with van der Waals surface area (Å²) in [6.07, 6.45) is 5.44. The molecule has 7 nitrogen and oxygen atoms in total. The largest absolute Gasteiger partial charge is 0.361 e. The number of amides is 1. The van der Waals surface area contributed by atoms with Crippen LogP contribution in [0.15, 0.2) is 90.2 Å². The van der Waals surface area contributed by atoms with Gasteiger partial charge in [0.2, 0.25) is 5.91 Å². The molecule has 0 bridgehead atoms. The molecule has 0 aliphatic carbocycles. The number of nitrogens with two attached hydrogens (primary N) is 1. The highest BCUT2D eigenvalue weighted by molar-refractivity contribution is 5.94. The lowest BCUT2D eigenvalue weighted by molar-refractivity contribution is -0.122. The smallest absolute Gasteiger partial charge is 0.237 e. The van der Waals surface area contributed by atoms with Gasteiger partial charge in [-0.25, -0.2) is 0 Å². The van der Waals surface area contributed by atoms with Gasteiger partial charge in [0.15, 0.2) is 0 Å². The number of aromatic nitrogens is 1. The molecule has 5 N–H and O–H groups in total. The molecular formula is C32H38N6O. The minimum atomic E-state index is -0.616. The third-order valence-electron chi connectivity index (χ3n) is 7.47. The number of rotatable bonds is 11. The second-order valence-corrected chi connectivity index (χ2v) is 10.4. The standard InChI is InChI=1S/C32H38N6O/c1-3-23-13-15-25(16-14-23)21-38-30(18-17-24-9-5-4-6-10-24)36-37-31(38)29(35-32(39)22(2)33)19-26-20-34-28-12-8-7-11-27(26)28/h4-16,20,22,29-30,34,36H,3,17-19,21,33H2,1-2H3,(H,35,39)/t22-,29-,30?/m1/s1. The Labute approximate surface area is 230 Å². The van der Waals surface area contributed by atoms with Gasteiger partial charge in [0, 0.05) is 30.1 Å². The van der Waals surface area contributed by atoms with Crippen molar-refractivity contribution >= 4 is 22.6 Å². The van der Waals surface area contributed by atoms with Gasteiger partial charge in [0.25, 0.3) is 0 Å². The Kier molecular flexibility index (Phi) is 8.27. The summed E-state index contributed by atoms with van der Waals surface area (Å²) in [5.41, 5.74) is 15.4. The summed E-state index contributed by atoms with van der Waals surface area (Å²) in [7, 11) is 0. The number of carbonyl (C=O) groups excluding carboxylic acids is 1. The third-order valence-corrected chi connectivity index (χ3v) is 7.47. The molecule has 1 aliphatic rings. The number of fused-ring (bicyclic) bond motifs is 1. The molecule has 0 saturated heterocycles. The number of carbonyl (C=O) groups is 1. The van der Waals surface area contributed by atoms with Gasteiger partial charge in [-0.15, -0.1) is 0 Å². The first-order valence-corrected chi connectivity index (χ1v) is 13.8. The number of aryl methyl sites for hydroxylation is 2. The molecule has 1 amide bonds. The normalized spacial score (nSPS) is 16.5. The van der Waals surface area contributed by atoms with Gasteiger partial charge in [-0.3, -0.25) is 10.2 Å². The van der Waals surface area contributed by atoms with Gasteiger partial charge in [0.05, 0.1) is 12.1 Å². The predicted octanol–water partition coefficient (Wildman–Crippen LogP) is 4.48. The summed E-state index contributed by atoms with van der Waals surface area (Å²) in [5.74, 6) is 0.634. The maximum Gasteiger partial charge on any atom is 0.237 e. The zero-order valence-corrected chi connectivity index (χ0v) is 22.7. The van der Waals surface area contributed by atoms with E-state index in [-0.39, 0.29) is 18.1 Å². The van der Waals surface area contributed by atoms with E-state index in [1.54, 1.807) is 6.92 Å². The van der Waals surface area contributed by atoms with E-state index in [1.165, 1.54) is 16.7 Å². The van der Waals surface area contributed by atoms with Crippen LogP contribution in [0.1, 0.15) is 42.5 Å². The number of H-pyrrole nitrogens is 1. The zero-order valence-electron chi connectivity index (χ0n) is 22.7. The maximum absolute atomic E-state index is 12.9. The quantitative estimate of drug-likeness (QED) is 0.233. The van der Waals surface area contributed by atoms with E-state index >= 15 is 0 Å². The molecule has 0 spiro atoms. The monoisotopic (exact) mass is 522 g/mol. The molecule has 7 heteroatoms. The number of amidine groups is 1. The lowest BCUT2D eigenvalue weighted by Gasteiger charge is -2.31. The SMILES string of the molecule is CCc1ccc(CN2C([C@@H](Cc3c[nH]c4ccccc34)NC(=O)[C@@H](C)N)=NNC2CCc2ccccc2)cc1. The van der Waals surface area contributed by atoms with E-state index in [9.17, 15) is 4.79 Å². The number of nitrogens with one attached hydrogen (secondary N) is 3. The van der Waals surface area contributed by atoms with Gasteiger partial charge in [-0.2, -0.15) is 5.10 Å². The number of benzene rings is 3. The van der Waals surface area contributed by atoms with Crippen LogP contribution >= 0.6 is 0 Å². The van der Waals surface area contributed by atoms with Crippen LogP contribution in [0.25, 0.3) is 10.9 Å². The van der Waals surface area contributed by atoms with Crippen LogP contribution in [-0.4, -0.2) is 39.9 Å². The minimum Gasteiger partial charge on any atom is -0.361 e. The third kappa shape index (κ3) is 6.32.